The lowest BCUT2D eigenvalue weighted by Crippen LogP contribution is -2.50. The summed E-state index contributed by atoms with van der Waals surface area (Å²) in [7, 11) is 0. The van der Waals surface area contributed by atoms with E-state index in [1.165, 1.54) is 12.8 Å². The standard InChI is InChI=1S/C13H27N3O2S/c1-4-5-6-7-10(2)15-12(17)11(8-9-19-3)16-13(14)18/h10-11H,4-9H2,1-3H3,(H,15,17)(H3,14,16,18). The number of nitrogens with one attached hydrogen (secondary N) is 2. The lowest BCUT2D eigenvalue weighted by atomic mass is 10.1. The number of amides is 3. The van der Waals surface area contributed by atoms with Crippen molar-refractivity contribution in [1.29, 1.82) is 0 Å². The van der Waals surface area contributed by atoms with Gasteiger partial charge in [-0.2, -0.15) is 11.8 Å². The van der Waals surface area contributed by atoms with E-state index in [0.717, 1.165) is 18.6 Å². The van der Waals surface area contributed by atoms with E-state index in [2.05, 4.69) is 17.6 Å². The van der Waals surface area contributed by atoms with Crippen LogP contribution in [0.2, 0.25) is 0 Å². The fourth-order valence-electron chi connectivity index (χ4n) is 1.79. The maximum absolute atomic E-state index is 12.0. The van der Waals surface area contributed by atoms with Crippen LogP contribution < -0.4 is 16.4 Å². The van der Waals surface area contributed by atoms with E-state index in [1.54, 1.807) is 11.8 Å². The van der Waals surface area contributed by atoms with Gasteiger partial charge in [0.2, 0.25) is 5.91 Å². The van der Waals surface area contributed by atoms with Crippen molar-refractivity contribution < 1.29 is 9.59 Å². The molecule has 0 aromatic carbocycles. The van der Waals surface area contributed by atoms with Crippen LogP contribution in [0, 0.1) is 0 Å². The van der Waals surface area contributed by atoms with E-state index in [1.807, 2.05) is 13.2 Å². The van der Waals surface area contributed by atoms with Crippen LogP contribution in [0.15, 0.2) is 0 Å². The Hall–Kier alpha value is -0.910. The molecule has 0 radical (unpaired) electrons. The molecule has 0 fully saturated rings. The van der Waals surface area contributed by atoms with Crippen molar-refractivity contribution in [3.8, 4) is 0 Å². The lowest BCUT2D eigenvalue weighted by Gasteiger charge is -2.20. The fourth-order valence-corrected chi connectivity index (χ4v) is 2.26. The maximum Gasteiger partial charge on any atom is 0.312 e. The summed E-state index contributed by atoms with van der Waals surface area (Å²) < 4.78 is 0. The van der Waals surface area contributed by atoms with Gasteiger partial charge in [-0.05, 0) is 31.8 Å². The number of rotatable bonds is 10. The van der Waals surface area contributed by atoms with E-state index >= 15 is 0 Å². The Morgan fingerprint density at radius 3 is 2.42 bits per heavy atom. The minimum atomic E-state index is -0.653. The van der Waals surface area contributed by atoms with Gasteiger partial charge in [0.1, 0.15) is 6.04 Å². The molecule has 0 aliphatic rings. The molecule has 0 rings (SSSR count). The number of carbonyl (C=O) groups is 2. The second-order valence-electron chi connectivity index (χ2n) is 4.75. The van der Waals surface area contributed by atoms with Crippen LogP contribution >= 0.6 is 11.8 Å². The molecule has 0 bridgehead atoms. The second kappa shape index (κ2) is 11.0. The van der Waals surface area contributed by atoms with E-state index in [4.69, 9.17) is 5.73 Å². The number of hydrogen-bond donors (Lipinski definition) is 3. The van der Waals surface area contributed by atoms with Gasteiger partial charge in [-0.3, -0.25) is 4.79 Å². The first-order valence-corrected chi connectivity index (χ1v) is 8.25. The minimum Gasteiger partial charge on any atom is -0.352 e. The zero-order chi connectivity index (χ0) is 14.7. The molecular weight excluding hydrogens is 262 g/mol. The highest BCUT2D eigenvalue weighted by Gasteiger charge is 2.20. The fraction of sp³-hybridized carbons (Fsp3) is 0.846. The third-order valence-electron chi connectivity index (χ3n) is 2.87. The smallest absolute Gasteiger partial charge is 0.312 e. The molecular formula is C13H27N3O2S. The molecule has 4 N–H and O–H groups in total. The third-order valence-corrected chi connectivity index (χ3v) is 3.52. The molecule has 3 amide bonds. The SMILES string of the molecule is CCCCCC(C)NC(=O)C(CCSC)NC(N)=O. The van der Waals surface area contributed by atoms with Gasteiger partial charge in [0, 0.05) is 6.04 Å². The summed E-state index contributed by atoms with van der Waals surface area (Å²) in [6, 6.07) is -1.05. The Morgan fingerprint density at radius 2 is 1.89 bits per heavy atom. The lowest BCUT2D eigenvalue weighted by molar-refractivity contribution is -0.123. The molecule has 112 valence electrons. The van der Waals surface area contributed by atoms with Gasteiger partial charge in [-0.15, -0.1) is 0 Å². The predicted octanol–water partition coefficient (Wildman–Crippen LogP) is 1.86. The van der Waals surface area contributed by atoms with Crippen LogP contribution in [0.1, 0.15) is 46.0 Å². The number of primary amides is 1. The van der Waals surface area contributed by atoms with Gasteiger partial charge in [-0.25, -0.2) is 4.79 Å². The molecule has 0 aromatic rings. The maximum atomic E-state index is 12.0. The molecule has 0 saturated heterocycles. The Balaban J connectivity index is 4.17. The topological polar surface area (TPSA) is 84.2 Å². The van der Waals surface area contributed by atoms with E-state index in [0.29, 0.717) is 6.42 Å². The van der Waals surface area contributed by atoms with Crippen molar-refractivity contribution in [2.24, 2.45) is 5.73 Å². The highest BCUT2D eigenvalue weighted by atomic mass is 32.2. The summed E-state index contributed by atoms with van der Waals surface area (Å²) in [6.45, 7) is 4.14. The molecule has 2 atom stereocenters. The molecule has 2 unspecified atom stereocenters. The van der Waals surface area contributed by atoms with Gasteiger partial charge >= 0.3 is 6.03 Å². The van der Waals surface area contributed by atoms with E-state index < -0.39 is 12.1 Å². The van der Waals surface area contributed by atoms with Crippen LogP contribution in [-0.4, -0.2) is 36.0 Å². The Kier molecular flexibility index (Phi) is 10.4. The van der Waals surface area contributed by atoms with E-state index in [-0.39, 0.29) is 11.9 Å². The number of carbonyl (C=O) groups excluding carboxylic acids is 2. The number of urea groups is 1. The second-order valence-corrected chi connectivity index (χ2v) is 5.73. The monoisotopic (exact) mass is 289 g/mol. The van der Waals surface area contributed by atoms with Crippen molar-refractivity contribution in [2.45, 2.75) is 58.0 Å². The number of thioether (sulfide) groups is 1. The summed E-state index contributed by atoms with van der Waals surface area (Å²) in [5.74, 6) is 0.666. The Morgan fingerprint density at radius 1 is 1.21 bits per heavy atom. The highest BCUT2D eigenvalue weighted by Crippen LogP contribution is 2.05. The first-order chi connectivity index (χ1) is 9.01. The Bertz CT molecular complexity index is 275. The van der Waals surface area contributed by atoms with Gasteiger partial charge in [-0.1, -0.05) is 26.2 Å². The molecule has 0 aliphatic carbocycles. The summed E-state index contributed by atoms with van der Waals surface area (Å²) in [4.78, 5) is 22.9. The molecule has 0 aromatic heterocycles. The average molecular weight is 289 g/mol. The first kappa shape index (κ1) is 18.1. The van der Waals surface area contributed by atoms with Crippen LogP contribution in [0.3, 0.4) is 0 Å². The van der Waals surface area contributed by atoms with Crippen molar-refractivity contribution in [2.75, 3.05) is 12.0 Å². The minimum absolute atomic E-state index is 0.130. The van der Waals surface area contributed by atoms with Crippen molar-refractivity contribution in [1.82, 2.24) is 10.6 Å². The molecule has 0 saturated carbocycles. The molecule has 6 heteroatoms. The van der Waals surface area contributed by atoms with Crippen LogP contribution in [-0.2, 0) is 4.79 Å². The highest BCUT2D eigenvalue weighted by molar-refractivity contribution is 7.98. The summed E-state index contributed by atoms with van der Waals surface area (Å²) in [5, 5.41) is 5.44. The summed E-state index contributed by atoms with van der Waals surface area (Å²) in [5.41, 5.74) is 5.10. The van der Waals surface area contributed by atoms with Crippen LogP contribution in [0.25, 0.3) is 0 Å². The first-order valence-electron chi connectivity index (χ1n) is 6.86. The van der Waals surface area contributed by atoms with Gasteiger partial charge < -0.3 is 16.4 Å². The van der Waals surface area contributed by atoms with Crippen molar-refractivity contribution >= 4 is 23.7 Å². The largest absolute Gasteiger partial charge is 0.352 e. The average Bonchev–Trinajstić information content (AvgIpc) is 2.34. The van der Waals surface area contributed by atoms with Crippen LogP contribution in [0.5, 0.6) is 0 Å². The molecule has 0 heterocycles. The van der Waals surface area contributed by atoms with Crippen LogP contribution in [0.4, 0.5) is 4.79 Å². The zero-order valence-electron chi connectivity index (χ0n) is 12.2. The molecule has 5 nitrogen and oxygen atoms in total. The number of nitrogens with two attached hydrogens (primary N) is 1. The van der Waals surface area contributed by atoms with Crippen molar-refractivity contribution in [3.05, 3.63) is 0 Å². The van der Waals surface area contributed by atoms with Gasteiger partial charge in [0.15, 0.2) is 0 Å². The third kappa shape index (κ3) is 9.64. The molecule has 0 spiro atoms. The predicted molar refractivity (Wildman–Crippen MR) is 81.3 cm³/mol. The normalized spacial score (nSPS) is 13.6. The summed E-state index contributed by atoms with van der Waals surface area (Å²) in [6.07, 6.45) is 6.97. The van der Waals surface area contributed by atoms with Gasteiger partial charge in [0.25, 0.3) is 0 Å². The van der Waals surface area contributed by atoms with Crippen molar-refractivity contribution in [3.63, 3.8) is 0 Å². The van der Waals surface area contributed by atoms with Gasteiger partial charge in [0.05, 0.1) is 0 Å². The number of hydrogen-bond acceptors (Lipinski definition) is 3. The van der Waals surface area contributed by atoms with E-state index in [9.17, 15) is 9.59 Å². The summed E-state index contributed by atoms with van der Waals surface area (Å²) >= 11 is 1.64. The quantitative estimate of drug-likeness (QED) is 0.537. The number of unbranched alkanes of at least 4 members (excludes halogenated alkanes) is 2. The zero-order valence-corrected chi connectivity index (χ0v) is 13.0. The Labute approximate surface area is 120 Å². The molecule has 19 heavy (non-hydrogen) atoms. The molecule has 0 aliphatic heterocycles.